The van der Waals surface area contributed by atoms with Crippen LogP contribution in [-0.2, 0) is 24.3 Å². The van der Waals surface area contributed by atoms with Crippen molar-refractivity contribution in [2.24, 2.45) is 0 Å². The number of halogens is 5. The molecule has 1 aromatic carbocycles. The molecule has 2 atom stereocenters. The van der Waals surface area contributed by atoms with Crippen LogP contribution in [0.25, 0.3) is 0 Å². The molecule has 0 N–H and O–H groups in total. The first-order valence-corrected chi connectivity index (χ1v) is 5.63. The third kappa shape index (κ3) is 8.18. The molecule has 0 saturated heterocycles. The van der Waals surface area contributed by atoms with Crippen LogP contribution in [0, 0.1) is 35.2 Å². The van der Waals surface area contributed by atoms with Crippen LogP contribution in [0.3, 0.4) is 0 Å². The van der Waals surface area contributed by atoms with Crippen LogP contribution in [-0.4, -0.2) is 19.1 Å². The van der Waals surface area contributed by atoms with E-state index in [-0.39, 0.29) is 19.5 Å². The van der Waals surface area contributed by atoms with Crippen LogP contribution >= 0.6 is 18.5 Å². The Labute approximate surface area is 119 Å². The Morgan fingerprint density at radius 1 is 0.833 bits per heavy atom. The van der Waals surface area contributed by atoms with E-state index in [9.17, 15) is 22.0 Å². The molecule has 0 aromatic heterocycles. The summed E-state index contributed by atoms with van der Waals surface area (Å²) in [5, 5.41) is 0. The topological polar surface area (TPSA) is 17.1 Å². The summed E-state index contributed by atoms with van der Waals surface area (Å²) in [5.74, 6) is -10.0. The van der Waals surface area contributed by atoms with Gasteiger partial charge in [0, 0.05) is 0 Å². The summed E-state index contributed by atoms with van der Waals surface area (Å²) in [6, 6.07) is 1.02. The third-order valence-electron chi connectivity index (χ3n) is 1.16. The molecular formula is C9H9F5OP2Rh. The van der Waals surface area contributed by atoms with Crippen molar-refractivity contribution in [3.8, 4) is 0 Å². The fraction of sp³-hybridized carbons (Fsp3) is 0.222. The van der Waals surface area contributed by atoms with Crippen molar-refractivity contribution in [1.82, 2.24) is 0 Å². The molecule has 0 amide bonds. The van der Waals surface area contributed by atoms with E-state index in [0.29, 0.717) is 0 Å². The molecule has 0 spiro atoms. The van der Waals surface area contributed by atoms with Crippen molar-refractivity contribution in [2.45, 2.75) is 0 Å². The maximum atomic E-state index is 12.0. The van der Waals surface area contributed by atoms with Gasteiger partial charge in [-0.15, -0.1) is 24.5 Å². The van der Waals surface area contributed by atoms with Gasteiger partial charge in [-0.25, -0.2) is 13.2 Å². The van der Waals surface area contributed by atoms with E-state index in [4.69, 9.17) is 4.79 Å². The average molecular weight is 393 g/mol. The third-order valence-corrected chi connectivity index (χ3v) is 2.49. The van der Waals surface area contributed by atoms with Gasteiger partial charge < -0.3 is 4.79 Å². The smallest absolute Gasteiger partial charge is 0.545 e. The van der Waals surface area contributed by atoms with Crippen LogP contribution in [0.4, 0.5) is 22.0 Å². The average Bonchev–Trinajstić information content (AvgIpc) is 2.36. The summed E-state index contributed by atoms with van der Waals surface area (Å²) < 4.78 is 59.9. The second-order valence-electron chi connectivity index (χ2n) is 2.27. The molecule has 18 heavy (non-hydrogen) atoms. The summed E-state index contributed by atoms with van der Waals surface area (Å²) in [7, 11) is 5.27. The molecule has 1 nitrogen and oxygen atoms in total. The van der Waals surface area contributed by atoms with Crippen molar-refractivity contribution in [3.63, 3.8) is 0 Å². The Kier molecular flexibility index (Phi) is 17.3. The van der Waals surface area contributed by atoms with E-state index in [1.54, 1.807) is 0 Å². The monoisotopic (exact) mass is 393 g/mol. The van der Waals surface area contributed by atoms with Gasteiger partial charge in [0.1, 0.15) is 0 Å². The van der Waals surface area contributed by atoms with Gasteiger partial charge in [-0.3, -0.25) is 15.6 Å². The van der Waals surface area contributed by atoms with Crippen molar-refractivity contribution < 1.29 is 46.2 Å². The minimum atomic E-state index is -2.17. The van der Waals surface area contributed by atoms with Gasteiger partial charge in [-0.1, -0.05) is 0 Å². The van der Waals surface area contributed by atoms with Crippen LogP contribution in [0.15, 0.2) is 0 Å². The number of rotatable bonds is 1. The maximum Gasteiger partial charge on any atom is 2.00 e. The summed E-state index contributed by atoms with van der Waals surface area (Å²) in [4.78, 5) is 7.75. The SMILES string of the molecule is Fc1[c-]c(F)c(F)c(F)c1F.PCCP.[CH-]=O.[Rh+2]. The Balaban J connectivity index is -0.000000277. The van der Waals surface area contributed by atoms with E-state index in [2.05, 4.69) is 25.3 Å². The maximum absolute atomic E-state index is 12.0. The van der Waals surface area contributed by atoms with Crippen LogP contribution in [0.2, 0.25) is 0 Å². The molecule has 0 aliphatic rings. The van der Waals surface area contributed by atoms with Crippen LogP contribution in [0.5, 0.6) is 0 Å². The van der Waals surface area contributed by atoms with Crippen molar-refractivity contribution in [2.75, 3.05) is 12.3 Å². The minimum Gasteiger partial charge on any atom is -0.545 e. The largest absolute Gasteiger partial charge is 2.00 e. The van der Waals surface area contributed by atoms with Crippen LogP contribution in [0.1, 0.15) is 0 Å². The molecule has 0 aliphatic carbocycles. The van der Waals surface area contributed by atoms with Gasteiger partial charge >= 0.3 is 19.5 Å². The number of hydrogen-bond acceptors (Lipinski definition) is 1. The number of carbonyl (C=O) groups excluding carboxylic acids is 1. The summed E-state index contributed by atoms with van der Waals surface area (Å²) >= 11 is 0. The fourth-order valence-electron chi connectivity index (χ4n) is 0.495. The molecule has 1 rings (SSSR count). The first kappa shape index (κ1) is 23.1. The molecule has 1 radical (unpaired) electrons. The molecule has 0 bridgehead atoms. The van der Waals surface area contributed by atoms with Crippen molar-refractivity contribution >= 4 is 25.3 Å². The summed E-state index contributed by atoms with van der Waals surface area (Å²) in [6.45, 7) is 3.25. The molecule has 1 aromatic rings. The second kappa shape index (κ2) is 13.5. The van der Waals surface area contributed by atoms with Gasteiger partial charge in [0.25, 0.3) is 0 Å². The molecule has 0 aliphatic heterocycles. The second-order valence-corrected chi connectivity index (χ2v) is 3.43. The summed E-state index contributed by atoms with van der Waals surface area (Å²) in [6.07, 6.45) is 2.40. The van der Waals surface area contributed by atoms with Crippen molar-refractivity contribution in [3.05, 3.63) is 35.2 Å². The standard InChI is InChI=1S/C6F5.C2H8P2.CHO.Rh/c7-2-1-3(8)5(10)6(11)4(2)9;3-1-2-4;1-2;/h;1-4H2;1H;/q-1;;-1;+2. The summed E-state index contributed by atoms with van der Waals surface area (Å²) in [5.41, 5.74) is 0. The molecular weight excluding hydrogens is 384 g/mol. The van der Waals surface area contributed by atoms with Gasteiger partial charge in [-0.05, 0) is 12.3 Å². The molecule has 105 valence electrons. The Morgan fingerprint density at radius 2 is 1.11 bits per heavy atom. The zero-order valence-electron chi connectivity index (χ0n) is 8.78. The zero-order valence-corrected chi connectivity index (χ0v) is 12.7. The van der Waals surface area contributed by atoms with Gasteiger partial charge in [0.2, 0.25) is 0 Å². The molecule has 9 heteroatoms. The fourth-order valence-corrected chi connectivity index (χ4v) is 0.495. The minimum absolute atomic E-state index is 0. The molecule has 2 unspecified atom stereocenters. The van der Waals surface area contributed by atoms with Crippen LogP contribution < -0.4 is 0 Å². The normalized spacial score (nSPS) is 8.17. The quantitative estimate of drug-likeness (QED) is 0.136. The Hall–Kier alpha value is 0.0234. The number of benzene rings is 1. The van der Waals surface area contributed by atoms with E-state index in [1.807, 2.05) is 0 Å². The molecule has 0 heterocycles. The first-order chi connectivity index (χ1) is 7.95. The van der Waals surface area contributed by atoms with E-state index in [0.717, 1.165) is 6.07 Å². The number of hydrogen-bond donors (Lipinski definition) is 0. The first-order valence-electron chi connectivity index (χ1n) is 4.00. The zero-order chi connectivity index (χ0) is 14.0. The predicted molar refractivity (Wildman–Crippen MR) is 61.0 cm³/mol. The van der Waals surface area contributed by atoms with Crippen molar-refractivity contribution in [1.29, 1.82) is 0 Å². The molecule has 0 saturated carbocycles. The van der Waals surface area contributed by atoms with Gasteiger partial charge in [0.15, 0.2) is 0 Å². The van der Waals surface area contributed by atoms with E-state index < -0.39 is 29.1 Å². The van der Waals surface area contributed by atoms with E-state index >= 15 is 0 Å². The molecule has 0 fully saturated rings. The Bertz CT molecular complexity index is 326. The predicted octanol–water partition coefficient (Wildman–Crippen LogP) is 2.64. The Morgan fingerprint density at radius 3 is 1.33 bits per heavy atom. The van der Waals surface area contributed by atoms with Gasteiger partial charge in [0.05, 0.1) is 29.1 Å². The van der Waals surface area contributed by atoms with Gasteiger partial charge in [-0.2, -0.15) is 0 Å². The van der Waals surface area contributed by atoms with E-state index in [1.165, 1.54) is 12.3 Å².